The molecule has 5 rings (SSSR count). The van der Waals surface area contributed by atoms with E-state index in [4.69, 9.17) is 0 Å². The van der Waals surface area contributed by atoms with Gasteiger partial charge in [0.1, 0.15) is 0 Å². The molecule has 0 unspecified atom stereocenters. The van der Waals surface area contributed by atoms with Crippen LogP contribution in [0.25, 0.3) is 0 Å². The van der Waals surface area contributed by atoms with Crippen LogP contribution in [0.5, 0.6) is 0 Å². The molecule has 0 radical (unpaired) electrons. The minimum Gasteiger partial charge on any atom is -0.395 e. The van der Waals surface area contributed by atoms with Crippen LogP contribution in [-0.2, 0) is 17.1 Å². The molecule has 7 nitrogen and oxygen atoms in total. The molecule has 2 aliphatic heterocycles. The summed E-state index contributed by atoms with van der Waals surface area (Å²) in [4.78, 5) is 6.38. The van der Waals surface area contributed by atoms with E-state index in [0.29, 0.717) is 19.0 Å². The summed E-state index contributed by atoms with van der Waals surface area (Å²) in [5.74, 6) is 7.19. The number of imidazole rings is 1. The number of rotatable bonds is 4. The summed E-state index contributed by atoms with van der Waals surface area (Å²) in [6.07, 6.45) is 7.20. The molecular formula is C24H30N4O3S. The SMILES string of the molecule is Cn1cnc(S(=O)(=O)N2CCCCN3[C@@H](CO)[C@@H](c4ccc(C#CC5CC5)cc4)[C@@H]3C2)c1. The van der Waals surface area contributed by atoms with E-state index in [1.807, 2.05) is 12.1 Å². The van der Waals surface area contributed by atoms with Crippen molar-refractivity contribution in [3.8, 4) is 11.8 Å². The van der Waals surface area contributed by atoms with Gasteiger partial charge < -0.3 is 9.67 Å². The third-order valence-electron chi connectivity index (χ3n) is 6.91. The molecule has 1 aliphatic carbocycles. The number of benzene rings is 1. The molecule has 3 atom stereocenters. The summed E-state index contributed by atoms with van der Waals surface area (Å²) in [7, 11) is -1.88. The number of hydrogen-bond donors (Lipinski definition) is 1. The zero-order valence-corrected chi connectivity index (χ0v) is 19.2. The van der Waals surface area contributed by atoms with Gasteiger partial charge in [-0.3, -0.25) is 4.90 Å². The highest BCUT2D eigenvalue weighted by Crippen LogP contribution is 2.42. The van der Waals surface area contributed by atoms with E-state index in [0.717, 1.165) is 30.5 Å². The molecule has 0 amide bonds. The van der Waals surface area contributed by atoms with Gasteiger partial charge in [-0.1, -0.05) is 24.0 Å². The first-order valence-electron chi connectivity index (χ1n) is 11.4. The van der Waals surface area contributed by atoms with Crippen molar-refractivity contribution in [1.82, 2.24) is 18.8 Å². The Hall–Kier alpha value is -2.18. The first kappa shape index (κ1) is 21.7. The van der Waals surface area contributed by atoms with Crippen molar-refractivity contribution in [1.29, 1.82) is 0 Å². The average Bonchev–Trinajstić information content (AvgIpc) is 3.49. The predicted octanol–water partition coefficient (Wildman–Crippen LogP) is 1.79. The van der Waals surface area contributed by atoms with E-state index in [9.17, 15) is 13.5 Å². The fraction of sp³-hybridized carbons (Fsp3) is 0.542. The molecule has 3 fully saturated rings. The Morgan fingerprint density at radius 3 is 2.56 bits per heavy atom. The molecule has 1 aromatic heterocycles. The smallest absolute Gasteiger partial charge is 0.262 e. The Morgan fingerprint density at radius 2 is 1.91 bits per heavy atom. The molecule has 1 N–H and O–H groups in total. The van der Waals surface area contributed by atoms with Crippen molar-refractivity contribution in [2.45, 2.75) is 48.7 Å². The van der Waals surface area contributed by atoms with Crippen LogP contribution in [0, 0.1) is 17.8 Å². The molecule has 8 heteroatoms. The van der Waals surface area contributed by atoms with Gasteiger partial charge in [0.2, 0.25) is 0 Å². The summed E-state index contributed by atoms with van der Waals surface area (Å²) in [5, 5.41) is 10.2. The topological polar surface area (TPSA) is 78.7 Å². The lowest BCUT2D eigenvalue weighted by Gasteiger charge is -2.57. The third-order valence-corrected chi connectivity index (χ3v) is 8.66. The Kier molecular flexibility index (Phi) is 5.84. The van der Waals surface area contributed by atoms with Crippen LogP contribution < -0.4 is 0 Å². The molecule has 32 heavy (non-hydrogen) atoms. The zero-order valence-electron chi connectivity index (χ0n) is 18.4. The minimum atomic E-state index is -3.66. The van der Waals surface area contributed by atoms with E-state index in [-0.39, 0.29) is 29.6 Å². The first-order chi connectivity index (χ1) is 15.5. The number of aliphatic hydroxyl groups excluding tert-OH is 1. The van der Waals surface area contributed by atoms with E-state index in [2.05, 4.69) is 33.9 Å². The normalized spacial score (nSPS) is 26.9. The van der Waals surface area contributed by atoms with Gasteiger partial charge in [-0.05, 0) is 49.9 Å². The molecule has 3 heterocycles. The highest BCUT2D eigenvalue weighted by Gasteiger charge is 2.50. The fourth-order valence-electron chi connectivity index (χ4n) is 4.98. The maximum Gasteiger partial charge on any atom is 0.262 e. The molecular weight excluding hydrogens is 424 g/mol. The van der Waals surface area contributed by atoms with Crippen LogP contribution >= 0.6 is 0 Å². The van der Waals surface area contributed by atoms with Crippen LogP contribution in [0.1, 0.15) is 42.7 Å². The standard InChI is InChI=1S/C24H30N4O3S/c1-26-15-23(25-17-26)32(30,31)27-12-2-3-13-28-21(14-27)24(22(28)16-29)20-10-8-19(9-11-20)7-6-18-4-5-18/h8-11,15,17-18,21-22,24,29H,2-5,12-14,16H2,1H3/t21-,22-,24-/m0/s1. The number of aliphatic hydroxyl groups is 1. The molecule has 0 spiro atoms. The molecule has 2 saturated heterocycles. The van der Waals surface area contributed by atoms with E-state index in [1.165, 1.54) is 19.2 Å². The Labute approximate surface area is 190 Å². The number of sulfonamides is 1. The van der Waals surface area contributed by atoms with Crippen molar-refractivity contribution in [3.63, 3.8) is 0 Å². The lowest BCUT2D eigenvalue weighted by molar-refractivity contribution is -0.0554. The highest BCUT2D eigenvalue weighted by molar-refractivity contribution is 7.89. The summed E-state index contributed by atoms with van der Waals surface area (Å²) >= 11 is 0. The van der Waals surface area contributed by atoms with Gasteiger partial charge in [-0.25, -0.2) is 13.4 Å². The van der Waals surface area contributed by atoms with Gasteiger partial charge >= 0.3 is 0 Å². The average molecular weight is 455 g/mol. The number of fused-ring (bicyclic) bond motifs is 1. The number of hydrogen-bond acceptors (Lipinski definition) is 5. The van der Waals surface area contributed by atoms with Gasteiger partial charge in [0.05, 0.1) is 12.9 Å². The molecule has 170 valence electrons. The van der Waals surface area contributed by atoms with Gasteiger partial charge in [0.15, 0.2) is 5.03 Å². The van der Waals surface area contributed by atoms with Gasteiger partial charge in [0, 0.05) is 55.8 Å². The van der Waals surface area contributed by atoms with Crippen LogP contribution in [0.4, 0.5) is 0 Å². The Morgan fingerprint density at radius 1 is 1.16 bits per heavy atom. The number of aryl methyl sites for hydroxylation is 1. The second kappa shape index (κ2) is 8.64. The van der Waals surface area contributed by atoms with Crippen molar-refractivity contribution in [2.75, 3.05) is 26.2 Å². The van der Waals surface area contributed by atoms with Crippen LogP contribution in [-0.4, -0.2) is 70.6 Å². The predicted molar refractivity (Wildman–Crippen MR) is 121 cm³/mol. The van der Waals surface area contributed by atoms with Crippen LogP contribution in [0.15, 0.2) is 41.8 Å². The van der Waals surface area contributed by atoms with E-state index in [1.54, 1.807) is 22.1 Å². The monoisotopic (exact) mass is 454 g/mol. The lowest BCUT2D eigenvalue weighted by atomic mass is 9.74. The molecule has 1 saturated carbocycles. The van der Waals surface area contributed by atoms with E-state index < -0.39 is 10.0 Å². The number of nitrogens with zero attached hydrogens (tertiary/aromatic N) is 4. The van der Waals surface area contributed by atoms with Crippen molar-refractivity contribution >= 4 is 10.0 Å². The van der Waals surface area contributed by atoms with Crippen LogP contribution in [0.2, 0.25) is 0 Å². The largest absolute Gasteiger partial charge is 0.395 e. The molecule has 2 aromatic rings. The van der Waals surface area contributed by atoms with Crippen molar-refractivity contribution in [3.05, 3.63) is 47.9 Å². The van der Waals surface area contributed by atoms with Crippen molar-refractivity contribution < 1.29 is 13.5 Å². The Bertz CT molecular complexity index is 1130. The maximum absolute atomic E-state index is 13.3. The quantitative estimate of drug-likeness (QED) is 0.713. The molecule has 1 aromatic carbocycles. The molecule has 0 bridgehead atoms. The van der Waals surface area contributed by atoms with E-state index >= 15 is 0 Å². The molecule has 3 aliphatic rings. The van der Waals surface area contributed by atoms with Gasteiger partial charge in [-0.15, -0.1) is 0 Å². The Balaban J connectivity index is 1.39. The van der Waals surface area contributed by atoms with Gasteiger partial charge in [-0.2, -0.15) is 4.31 Å². The first-order valence-corrected chi connectivity index (χ1v) is 12.9. The van der Waals surface area contributed by atoms with Crippen molar-refractivity contribution in [2.24, 2.45) is 13.0 Å². The van der Waals surface area contributed by atoms with Gasteiger partial charge in [0.25, 0.3) is 10.0 Å². The third kappa shape index (κ3) is 4.11. The summed E-state index contributed by atoms with van der Waals surface area (Å²) in [6, 6.07) is 8.34. The second-order valence-corrected chi connectivity index (χ2v) is 11.1. The van der Waals surface area contributed by atoms with Crippen LogP contribution in [0.3, 0.4) is 0 Å². The highest BCUT2D eigenvalue weighted by atomic mass is 32.2. The minimum absolute atomic E-state index is 0.0147. The fourth-order valence-corrected chi connectivity index (χ4v) is 6.45. The zero-order chi connectivity index (χ0) is 22.3. The maximum atomic E-state index is 13.3. The summed E-state index contributed by atoms with van der Waals surface area (Å²) in [5.41, 5.74) is 2.15. The summed E-state index contributed by atoms with van der Waals surface area (Å²) in [6.45, 7) is 1.85. The number of aromatic nitrogens is 2. The summed E-state index contributed by atoms with van der Waals surface area (Å²) < 4.78 is 29.8. The lowest BCUT2D eigenvalue weighted by Crippen LogP contribution is -2.67. The second-order valence-electron chi connectivity index (χ2n) is 9.19.